The molecule has 158 valence electrons. The van der Waals surface area contributed by atoms with E-state index in [0.29, 0.717) is 12.5 Å². The van der Waals surface area contributed by atoms with Crippen molar-refractivity contribution in [2.24, 2.45) is 22.4 Å². The molecule has 0 bridgehead atoms. The van der Waals surface area contributed by atoms with Gasteiger partial charge in [-0.1, -0.05) is 47.8 Å². The van der Waals surface area contributed by atoms with Gasteiger partial charge in [0, 0.05) is 10.4 Å². The smallest absolute Gasteiger partial charge is 0.244 e. The first-order valence-electron chi connectivity index (χ1n) is 10.1. The van der Waals surface area contributed by atoms with E-state index in [2.05, 4.69) is 78.6 Å². The third-order valence-electron chi connectivity index (χ3n) is 6.32. The topological polar surface area (TPSA) is 50.7 Å². The molecule has 7 heteroatoms. The van der Waals surface area contributed by atoms with Crippen molar-refractivity contribution in [1.29, 1.82) is 0 Å². The summed E-state index contributed by atoms with van der Waals surface area (Å²) in [6, 6.07) is 12.2. The van der Waals surface area contributed by atoms with Crippen molar-refractivity contribution in [2.75, 3.05) is 0 Å². The van der Waals surface area contributed by atoms with Gasteiger partial charge in [0.15, 0.2) is 0 Å². The molecule has 4 nitrogen and oxygen atoms in total. The van der Waals surface area contributed by atoms with Gasteiger partial charge in [0.25, 0.3) is 0 Å². The van der Waals surface area contributed by atoms with Crippen LogP contribution in [0.25, 0.3) is 0 Å². The average molecular weight is 693 g/mol. The Bertz CT molecular complexity index is 957. The minimum Gasteiger partial charge on any atom is -0.487 e. The predicted molar refractivity (Wildman–Crippen MR) is 140 cm³/mol. The fourth-order valence-corrected chi connectivity index (χ4v) is 7.01. The molecule has 1 N–H and O–H groups in total. The molecule has 0 radical (unpaired) electrons. The number of carbonyl (C=O) groups excluding carboxylic acids is 1. The highest BCUT2D eigenvalue weighted by Gasteiger charge is 2.64. The summed E-state index contributed by atoms with van der Waals surface area (Å²) in [5.41, 5.74) is 5.04. The van der Waals surface area contributed by atoms with Crippen LogP contribution in [0.5, 0.6) is 5.75 Å². The van der Waals surface area contributed by atoms with E-state index in [1.807, 2.05) is 36.4 Å². The summed E-state index contributed by atoms with van der Waals surface area (Å²) in [5, 5.41) is 4.23. The van der Waals surface area contributed by atoms with Gasteiger partial charge in [-0.2, -0.15) is 5.10 Å². The third kappa shape index (κ3) is 4.87. The maximum Gasteiger partial charge on any atom is 0.244 e. The van der Waals surface area contributed by atoms with Gasteiger partial charge >= 0.3 is 0 Å². The molecule has 2 aromatic carbocycles. The number of rotatable bonds is 6. The van der Waals surface area contributed by atoms with Gasteiger partial charge in [0.05, 0.1) is 13.4 Å². The molecular weight excluding hydrogens is 670 g/mol. The molecule has 0 aromatic heterocycles. The van der Waals surface area contributed by atoms with Gasteiger partial charge in [-0.3, -0.25) is 4.79 Å². The second-order valence-electron chi connectivity index (χ2n) is 8.30. The van der Waals surface area contributed by atoms with E-state index in [1.165, 1.54) is 19.3 Å². The molecule has 2 aliphatic carbocycles. The summed E-state index contributed by atoms with van der Waals surface area (Å²) >= 11 is 8.02. The number of carbonyl (C=O) groups is 1. The fourth-order valence-electron chi connectivity index (χ4n) is 4.62. The van der Waals surface area contributed by atoms with E-state index in [-0.39, 0.29) is 17.2 Å². The van der Waals surface area contributed by atoms with Crippen molar-refractivity contribution in [3.8, 4) is 5.75 Å². The minimum atomic E-state index is 0.0690. The quantitative estimate of drug-likeness (QED) is 0.213. The van der Waals surface area contributed by atoms with Crippen molar-refractivity contribution in [3.05, 3.63) is 59.1 Å². The first kappa shape index (κ1) is 22.5. The number of fused-ring (bicyclic) bond motifs is 1. The van der Waals surface area contributed by atoms with Crippen LogP contribution < -0.4 is 10.2 Å². The number of hydrazone groups is 1. The Kier molecular flexibility index (Phi) is 7.08. The Labute approximate surface area is 213 Å². The number of hydrogen-bond acceptors (Lipinski definition) is 3. The van der Waals surface area contributed by atoms with Crippen LogP contribution in [-0.4, -0.2) is 12.1 Å². The highest BCUT2D eigenvalue weighted by atomic mass is 127. The lowest BCUT2D eigenvalue weighted by atomic mass is 9.90. The molecule has 0 aliphatic heterocycles. The lowest BCUT2D eigenvalue weighted by Gasteiger charge is -2.15. The zero-order valence-electron chi connectivity index (χ0n) is 16.6. The minimum absolute atomic E-state index is 0.0690. The maximum absolute atomic E-state index is 12.5. The number of benzene rings is 2. The van der Waals surface area contributed by atoms with Crippen molar-refractivity contribution in [1.82, 2.24) is 5.43 Å². The second-order valence-corrected chi connectivity index (χ2v) is 11.5. The summed E-state index contributed by atoms with van der Waals surface area (Å²) in [6.07, 6.45) is 6.55. The standard InChI is InChI=1S/C23H23BrI2N2O2/c1-23-9-3-2-4-17(23)20(23)22(29)28-27-12-15-10-18(25)21(19(26)11-15)30-13-14-5-7-16(24)8-6-14/h5-8,10-12,17,20H,2-4,9,13H2,1H3,(H,28,29)/b27-12-/t17-,20-,23+/m1/s1. The molecular formula is C23H23BrI2N2O2. The molecule has 30 heavy (non-hydrogen) atoms. The number of nitrogens with zero attached hydrogens (tertiary/aromatic N) is 1. The molecule has 0 unspecified atom stereocenters. The SMILES string of the molecule is C[C@]12CCCC[C@@H]1[C@@H]2C(=O)N/N=C\c1cc(I)c(OCc2ccc(Br)cc2)c(I)c1. The normalized spacial score (nSPS) is 25.1. The Balaban J connectivity index is 1.36. The van der Waals surface area contributed by atoms with Crippen LogP contribution in [0.2, 0.25) is 0 Å². The van der Waals surface area contributed by atoms with Gasteiger partial charge in [0.2, 0.25) is 5.91 Å². The van der Waals surface area contributed by atoms with Gasteiger partial charge in [-0.05, 0) is 105 Å². The van der Waals surface area contributed by atoms with Crippen LogP contribution >= 0.6 is 61.1 Å². The van der Waals surface area contributed by atoms with E-state index >= 15 is 0 Å². The summed E-state index contributed by atoms with van der Waals surface area (Å²) in [5.74, 6) is 1.62. The number of ether oxygens (including phenoxy) is 1. The van der Waals surface area contributed by atoms with Crippen molar-refractivity contribution in [2.45, 2.75) is 39.2 Å². The number of halogens is 3. The van der Waals surface area contributed by atoms with Crippen molar-refractivity contribution < 1.29 is 9.53 Å². The molecule has 0 heterocycles. The van der Waals surface area contributed by atoms with Crippen LogP contribution in [0.3, 0.4) is 0 Å². The van der Waals surface area contributed by atoms with Gasteiger partial charge < -0.3 is 4.74 Å². The van der Waals surface area contributed by atoms with Crippen LogP contribution in [0.1, 0.15) is 43.7 Å². The Morgan fingerprint density at radius 3 is 2.60 bits per heavy atom. The Morgan fingerprint density at radius 1 is 1.27 bits per heavy atom. The molecule has 2 aromatic rings. The first-order chi connectivity index (χ1) is 14.4. The molecule has 2 saturated carbocycles. The van der Waals surface area contributed by atoms with Crippen LogP contribution in [-0.2, 0) is 11.4 Å². The summed E-state index contributed by atoms with van der Waals surface area (Å²) in [7, 11) is 0. The zero-order valence-corrected chi connectivity index (χ0v) is 22.5. The van der Waals surface area contributed by atoms with Crippen LogP contribution in [0.15, 0.2) is 46.0 Å². The summed E-state index contributed by atoms with van der Waals surface area (Å²) in [4.78, 5) is 12.5. The van der Waals surface area contributed by atoms with Crippen molar-refractivity contribution >= 4 is 73.2 Å². The van der Waals surface area contributed by atoms with Crippen LogP contribution in [0.4, 0.5) is 0 Å². The fraction of sp³-hybridized carbons (Fsp3) is 0.391. The Morgan fingerprint density at radius 2 is 1.97 bits per heavy atom. The van der Waals surface area contributed by atoms with E-state index in [4.69, 9.17) is 4.74 Å². The van der Waals surface area contributed by atoms with E-state index in [0.717, 1.165) is 34.9 Å². The largest absolute Gasteiger partial charge is 0.487 e. The molecule has 1 amide bonds. The third-order valence-corrected chi connectivity index (χ3v) is 8.45. The van der Waals surface area contributed by atoms with Gasteiger partial charge in [0.1, 0.15) is 12.4 Å². The van der Waals surface area contributed by atoms with E-state index < -0.39 is 0 Å². The highest BCUT2D eigenvalue weighted by molar-refractivity contribution is 14.1. The van der Waals surface area contributed by atoms with Crippen molar-refractivity contribution in [3.63, 3.8) is 0 Å². The molecule has 0 spiro atoms. The highest BCUT2D eigenvalue weighted by Crippen LogP contribution is 2.66. The zero-order chi connectivity index (χ0) is 21.3. The number of amides is 1. The second kappa shape index (κ2) is 9.44. The first-order valence-corrected chi connectivity index (χ1v) is 13.0. The molecule has 2 aliphatic rings. The van der Waals surface area contributed by atoms with E-state index in [1.54, 1.807) is 6.21 Å². The van der Waals surface area contributed by atoms with Gasteiger partial charge in [-0.25, -0.2) is 5.43 Å². The summed E-state index contributed by atoms with van der Waals surface area (Å²) in [6.45, 7) is 2.77. The maximum atomic E-state index is 12.5. The van der Waals surface area contributed by atoms with E-state index in [9.17, 15) is 4.79 Å². The monoisotopic (exact) mass is 692 g/mol. The Hall–Kier alpha value is -0.680. The predicted octanol–water partition coefficient (Wildman–Crippen LogP) is 6.51. The summed E-state index contributed by atoms with van der Waals surface area (Å²) < 4.78 is 9.15. The number of nitrogens with one attached hydrogen (secondary N) is 1. The van der Waals surface area contributed by atoms with Crippen LogP contribution in [0, 0.1) is 24.4 Å². The lowest BCUT2D eigenvalue weighted by molar-refractivity contribution is -0.123. The molecule has 4 rings (SSSR count). The van der Waals surface area contributed by atoms with Gasteiger partial charge in [-0.15, -0.1) is 0 Å². The molecule has 2 fully saturated rings. The number of hydrogen-bond donors (Lipinski definition) is 1. The average Bonchev–Trinajstić information content (AvgIpc) is 3.34. The lowest BCUT2D eigenvalue weighted by Crippen LogP contribution is -2.22. The molecule has 0 saturated heterocycles. The molecule has 3 atom stereocenters.